The fourth-order valence-electron chi connectivity index (χ4n) is 1.28. The summed E-state index contributed by atoms with van der Waals surface area (Å²) in [5.41, 5.74) is 1.15. The molecule has 1 atom stereocenters. The third-order valence-corrected chi connectivity index (χ3v) is 2.43. The number of hydrogen-bond acceptors (Lipinski definition) is 2. The van der Waals surface area contributed by atoms with Crippen molar-refractivity contribution < 1.29 is 5.11 Å². The number of anilines is 1. The molecule has 1 aromatic rings. The summed E-state index contributed by atoms with van der Waals surface area (Å²) in [7, 11) is 2.00. The Bertz CT molecular complexity index is 258. The first-order chi connectivity index (χ1) is 6.61. The second kappa shape index (κ2) is 5.01. The minimum Gasteiger partial charge on any atom is -0.391 e. The van der Waals surface area contributed by atoms with Gasteiger partial charge in [0.1, 0.15) is 0 Å². The van der Waals surface area contributed by atoms with Crippen molar-refractivity contribution in [3.8, 4) is 0 Å². The Morgan fingerprint density at radius 3 is 2.29 bits per heavy atom. The summed E-state index contributed by atoms with van der Waals surface area (Å²) in [4.78, 5) is 2.07. The summed E-state index contributed by atoms with van der Waals surface area (Å²) in [5, 5.41) is 9.72. The van der Waals surface area contributed by atoms with Gasteiger partial charge in [0.05, 0.1) is 6.10 Å². The van der Waals surface area contributed by atoms with Crippen LogP contribution in [0.1, 0.15) is 13.8 Å². The van der Waals surface area contributed by atoms with Gasteiger partial charge in [0.25, 0.3) is 0 Å². The molecule has 0 heterocycles. The Balaban J connectivity index is 2.55. The highest BCUT2D eigenvalue weighted by Gasteiger charge is 2.11. The number of rotatable bonds is 4. The maximum absolute atomic E-state index is 9.72. The van der Waals surface area contributed by atoms with E-state index in [1.165, 1.54) is 0 Å². The Morgan fingerprint density at radius 2 is 1.79 bits per heavy atom. The summed E-state index contributed by atoms with van der Waals surface area (Å²) in [6.07, 6.45) is -0.264. The normalized spacial score (nSPS) is 12.9. The quantitative estimate of drug-likeness (QED) is 0.792. The number of likely N-dealkylation sites (N-methyl/N-ethyl adjacent to an activating group) is 1. The summed E-state index contributed by atoms with van der Waals surface area (Å²) in [6.45, 7) is 4.74. The second-order valence-corrected chi connectivity index (χ2v) is 4.03. The van der Waals surface area contributed by atoms with Gasteiger partial charge in [-0.3, -0.25) is 0 Å². The van der Waals surface area contributed by atoms with Crippen LogP contribution in [0, 0.1) is 5.92 Å². The number of hydrogen-bond donors (Lipinski definition) is 1. The summed E-state index contributed by atoms with van der Waals surface area (Å²) < 4.78 is 0. The van der Waals surface area contributed by atoms with Gasteiger partial charge in [0, 0.05) is 19.3 Å². The van der Waals surface area contributed by atoms with Crippen molar-refractivity contribution in [1.29, 1.82) is 0 Å². The molecule has 0 aliphatic rings. The van der Waals surface area contributed by atoms with Gasteiger partial charge in [-0.2, -0.15) is 0 Å². The van der Waals surface area contributed by atoms with Gasteiger partial charge in [-0.1, -0.05) is 32.0 Å². The molecule has 0 aromatic heterocycles. The summed E-state index contributed by atoms with van der Waals surface area (Å²) in [6, 6.07) is 10.1. The van der Waals surface area contributed by atoms with Crippen molar-refractivity contribution in [2.45, 2.75) is 20.0 Å². The average molecular weight is 193 g/mol. The largest absolute Gasteiger partial charge is 0.391 e. The van der Waals surface area contributed by atoms with Crippen LogP contribution in [0.2, 0.25) is 0 Å². The molecule has 0 aliphatic heterocycles. The van der Waals surface area contributed by atoms with Crippen LogP contribution in [-0.4, -0.2) is 24.8 Å². The van der Waals surface area contributed by atoms with E-state index < -0.39 is 0 Å². The van der Waals surface area contributed by atoms with E-state index >= 15 is 0 Å². The van der Waals surface area contributed by atoms with Crippen molar-refractivity contribution >= 4 is 5.69 Å². The first-order valence-corrected chi connectivity index (χ1v) is 5.05. The van der Waals surface area contributed by atoms with E-state index in [4.69, 9.17) is 0 Å². The van der Waals surface area contributed by atoms with Gasteiger partial charge in [-0.25, -0.2) is 0 Å². The van der Waals surface area contributed by atoms with Crippen molar-refractivity contribution in [1.82, 2.24) is 0 Å². The zero-order chi connectivity index (χ0) is 10.6. The number of nitrogens with zero attached hydrogens (tertiary/aromatic N) is 1. The third-order valence-electron chi connectivity index (χ3n) is 2.43. The van der Waals surface area contributed by atoms with E-state index in [2.05, 4.69) is 4.90 Å². The molecule has 78 valence electrons. The van der Waals surface area contributed by atoms with Crippen LogP contribution in [0.5, 0.6) is 0 Å². The SMILES string of the molecule is CC(C)C(O)CN(C)c1ccccc1. The predicted octanol–water partition coefficient (Wildman–Crippen LogP) is 2.14. The number of aliphatic hydroxyl groups excluding tert-OH is 1. The van der Waals surface area contributed by atoms with Crippen molar-refractivity contribution in [2.24, 2.45) is 5.92 Å². The van der Waals surface area contributed by atoms with Gasteiger partial charge in [-0.15, -0.1) is 0 Å². The molecule has 1 unspecified atom stereocenters. The summed E-state index contributed by atoms with van der Waals surface area (Å²) >= 11 is 0. The molecule has 0 aliphatic carbocycles. The highest BCUT2D eigenvalue weighted by atomic mass is 16.3. The second-order valence-electron chi connectivity index (χ2n) is 4.03. The fraction of sp³-hybridized carbons (Fsp3) is 0.500. The van der Waals surface area contributed by atoms with Gasteiger partial charge < -0.3 is 10.0 Å². The van der Waals surface area contributed by atoms with E-state index in [0.717, 1.165) is 5.69 Å². The molecule has 0 saturated heterocycles. The molecular weight excluding hydrogens is 174 g/mol. The average Bonchev–Trinajstić information content (AvgIpc) is 2.19. The topological polar surface area (TPSA) is 23.5 Å². The molecule has 0 fully saturated rings. The molecule has 2 nitrogen and oxygen atoms in total. The Kier molecular flexibility index (Phi) is 3.96. The lowest BCUT2D eigenvalue weighted by Gasteiger charge is -2.24. The molecule has 0 bridgehead atoms. The number of aliphatic hydroxyl groups is 1. The Hall–Kier alpha value is -1.02. The standard InChI is InChI=1S/C12H19NO/c1-10(2)12(14)9-13(3)11-7-5-4-6-8-11/h4-8,10,12,14H,9H2,1-3H3. The van der Waals surface area contributed by atoms with E-state index in [1.54, 1.807) is 0 Å². The zero-order valence-electron chi connectivity index (χ0n) is 9.14. The van der Waals surface area contributed by atoms with Crippen LogP contribution >= 0.6 is 0 Å². The van der Waals surface area contributed by atoms with Crippen LogP contribution in [0.25, 0.3) is 0 Å². The first kappa shape index (κ1) is 11.1. The van der Waals surface area contributed by atoms with Crippen LogP contribution in [0.3, 0.4) is 0 Å². The van der Waals surface area contributed by atoms with E-state index in [0.29, 0.717) is 12.5 Å². The molecule has 2 heteroatoms. The number of para-hydroxylation sites is 1. The summed E-state index contributed by atoms with van der Waals surface area (Å²) in [5.74, 6) is 0.307. The van der Waals surface area contributed by atoms with Gasteiger partial charge >= 0.3 is 0 Å². The molecule has 1 N–H and O–H groups in total. The van der Waals surface area contributed by atoms with Crippen LogP contribution in [-0.2, 0) is 0 Å². The van der Waals surface area contributed by atoms with Gasteiger partial charge in [0.15, 0.2) is 0 Å². The van der Waals surface area contributed by atoms with Crippen LogP contribution < -0.4 is 4.90 Å². The Labute approximate surface area is 86.2 Å². The lowest BCUT2D eigenvalue weighted by atomic mass is 10.1. The lowest BCUT2D eigenvalue weighted by molar-refractivity contribution is 0.132. The van der Waals surface area contributed by atoms with E-state index in [-0.39, 0.29) is 6.10 Å². The van der Waals surface area contributed by atoms with E-state index in [9.17, 15) is 5.11 Å². The van der Waals surface area contributed by atoms with Crippen molar-refractivity contribution in [3.05, 3.63) is 30.3 Å². The molecule has 0 saturated carbocycles. The smallest absolute Gasteiger partial charge is 0.0737 e. The highest BCUT2D eigenvalue weighted by molar-refractivity contribution is 5.45. The van der Waals surface area contributed by atoms with Crippen molar-refractivity contribution in [2.75, 3.05) is 18.5 Å². The van der Waals surface area contributed by atoms with Crippen LogP contribution in [0.15, 0.2) is 30.3 Å². The maximum atomic E-state index is 9.72. The Morgan fingerprint density at radius 1 is 1.21 bits per heavy atom. The molecule has 0 spiro atoms. The first-order valence-electron chi connectivity index (χ1n) is 5.05. The molecule has 1 rings (SSSR count). The maximum Gasteiger partial charge on any atom is 0.0737 e. The molecule has 1 aromatic carbocycles. The molecule has 0 radical (unpaired) electrons. The molecular formula is C12H19NO. The minimum atomic E-state index is -0.264. The monoisotopic (exact) mass is 193 g/mol. The highest BCUT2D eigenvalue weighted by Crippen LogP contribution is 2.13. The molecule has 0 amide bonds. The fourth-order valence-corrected chi connectivity index (χ4v) is 1.28. The van der Waals surface area contributed by atoms with E-state index in [1.807, 2.05) is 51.2 Å². The third kappa shape index (κ3) is 3.04. The molecule has 14 heavy (non-hydrogen) atoms. The zero-order valence-corrected chi connectivity index (χ0v) is 9.14. The lowest BCUT2D eigenvalue weighted by Crippen LogP contribution is -2.32. The van der Waals surface area contributed by atoms with Crippen molar-refractivity contribution in [3.63, 3.8) is 0 Å². The number of benzene rings is 1. The van der Waals surface area contributed by atoms with Gasteiger partial charge in [0.2, 0.25) is 0 Å². The minimum absolute atomic E-state index is 0.264. The van der Waals surface area contributed by atoms with Crippen LogP contribution in [0.4, 0.5) is 5.69 Å². The van der Waals surface area contributed by atoms with Gasteiger partial charge in [-0.05, 0) is 18.1 Å². The predicted molar refractivity (Wildman–Crippen MR) is 60.6 cm³/mol.